The molecule has 2 aromatic rings. The van der Waals surface area contributed by atoms with Crippen LogP contribution in [0.25, 0.3) is 11.3 Å². The third-order valence-corrected chi connectivity index (χ3v) is 2.22. The Hall–Kier alpha value is -2.23. The Morgan fingerprint density at radius 3 is 2.69 bits per heavy atom. The molecule has 0 atom stereocenters. The summed E-state index contributed by atoms with van der Waals surface area (Å²) < 4.78 is 12.7. The van der Waals surface area contributed by atoms with Gasteiger partial charge in [0, 0.05) is 5.56 Å². The van der Waals surface area contributed by atoms with Crippen molar-refractivity contribution in [1.29, 1.82) is 0 Å². The Morgan fingerprint density at radius 2 is 2.06 bits per heavy atom. The summed E-state index contributed by atoms with van der Waals surface area (Å²) in [4.78, 5) is 11.5. The normalized spacial score (nSPS) is 10.1. The lowest BCUT2D eigenvalue weighted by atomic mass is 10.1. The smallest absolute Gasteiger partial charge is 0.189 e. The van der Waals surface area contributed by atoms with Gasteiger partial charge in [0.05, 0.1) is 17.5 Å². The number of aromatic amines is 1. The summed E-state index contributed by atoms with van der Waals surface area (Å²) in [5.41, 5.74) is 1.72. The van der Waals surface area contributed by atoms with E-state index >= 15 is 0 Å². The maximum atomic E-state index is 12.7. The molecule has 0 aliphatic heterocycles. The number of benzene rings is 1. The van der Waals surface area contributed by atoms with Crippen molar-refractivity contribution in [2.75, 3.05) is 0 Å². The minimum Gasteiger partial charge on any atom is -0.289 e. The zero-order chi connectivity index (χ0) is 11.5. The first kappa shape index (κ1) is 10.3. The van der Waals surface area contributed by atoms with Crippen LogP contribution in [0.3, 0.4) is 0 Å². The van der Waals surface area contributed by atoms with Crippen LogP contribution in [0.5, 0.6) is 0 Å². The molecule has 0 saturated carbocycles. The molecule has 0 unspecified atom stereocenters. The van der Waals surface area contributed by atoms with Gasteiger partial charge in [0.25, 0.3) is 0 Å². The van der Waals surface area contributed by atoms with Crippen molar-refractivity contribution in [2.45, 2.75) is 0 Å². The SMILES string of the molecule is C=CC(=O)c1cn[nH]c1-c1ccc(F)cc1. The second-order valence-electron chi connectivity index (χ2n) is 3.23. The van der Waals surface area contributed by atoms with E-state index in [1.807, 2.05) is 0 Å². The summed E-state index contributed by atoms with van der Waals surface area (Å²) >= 11 is 0. The lowest BCUT2D eigenvalue weighted by molar-refractivity contribution is 0.104. The topological polar surface area (TPSA) is 45.8 Å². The van der Waals surface area contributed by atoms with Gasteiger partial charge in [-0.25, -0.2) is 4.39 Å². The molecule has 3 nitrogen and oxygen atoms in total. The van der Waals surface area contributed by atoms with Crippen LogP contribution in [-0.4, -0.2) is 16.0 Å². The van der Waals surface area contributed by atoms with E-state index in [0.29, 0.717) is 16.8 Å². The Morgan fingerprint density at radius 1 is 1.38 bits per heavy atom. The van der Waals surface area contributed by atoms with Crippen molar-refractivity contribution >= 4 is 5.78 Å². The van der Waals surface area contributed by atoms with Crippen molar-refractivity contribution in [3.63, 3.8) is 0 Å². The monoisotopic (exact) mass is 216 g/mol. The highest BCUT2D eigenvalue weighted by Gasteiger charge is 2.12. The molecule has 2 rings (SSSR count). The van der Waals surface area contributed by atoms with Crippen LogP contribution < -0.4 is 0 Å². The minimum atomic E-state index is -0.320. The molecule has 0 aliphatic carbocycles. The molecule has 16 heavy (non-hydrogen) atoms. The molecule has 1 heterocycles. The number of carbonyl (C=O) groups is 1. The summed E-state index contributed by atoms with van der Waals surface area (Å²) in [7, 11) is 0. The van der Waals surface area contributed by atoms with E-state index < -0.39 is 0 Å². The third-order valence-electron chi connectivity index (χ3n) is 2.22. The molecule has 80 valence electrons. The number of hydrogen-bond donors (Lipinski definition) is 1. The van der Waals surface area contributed by atoms with Gasteiger partial charge in [0.2, 0.25) is 0 Å². The Balaban J connectivity index is 2.48. The number of ketones is 1. The fourth-order valence-electron chi connectivity index (χ4n) is 1.42. The Bertz CT molecular complexity index is 528. The molecule has 0 saturated heterocycles. The summed E-state index contributed by atoms with van der Waals surface area (Å²) in [6, 6.07) is 5.84. The van der Waals surface area contributed by atoms with Gasteiger partial charge in [-0.05, 0) is 30.3 Å². The molecular formula is C12H9FN2O. The molecular weight excluding hydrogens is 207 g/mol. The van der Waals surface area contributed by atoms with E-state index in [1.54, 1.807) is 12.1 Å². The average Bonchev–Trinajstić information content (AvgIpc) is 2.78. The van der Waals surface area contributed by atoms with Crippen LogP contribution in [0.15, 0.2) is 43.1 Å². The van der Waals surface area contributed by atoms with E-state index in [1.165, 1.54) is 24.4 Å². The Labute approximate surface area is 91.6 Å². The molecule has 1 aromatic heterocycles. The number of hydrogen-bond acceptors (Lipinski definition) is 2. The summed E-state index contributed by atoms with van der Waals surface area (Å²) in [6.45, 7) is 3.41. The van der Waals surface area contributed by atoms with Crippen LogP contribution >= 0.6 is 0 Å². The lowest BCUT2D eigenvalue weighted by Gasteiger charge is -2.00. The van der Waals surface area contributed by atoms with Crippen molar-refractivity contribution in [1.82, 2.24) is 10.2 Å². The van der Waals surface area contributed by atoms with Gasteiger partial charge < -0.3 is 0 Å². The number of aromatic nitrogens is 2. The quantitative estimate of drug-likeness (QED) is 0.633. The van der Waals surface area contributed by atoms with E-state index in [-0.39, 0.29) is 11.6 Å². The predicted molar refractivity (Wildman–Crippen MR) is 58.5 cm³/mol. The maximum Gasteiger partial charge on any atom is 0.189 e. The number of halogens is 1. The Kier molecular flexibility index (Phi) is 2.64. The molecule has 0 fully saturated rings. The number of allylic oxidation sites excluding steroid dienone is 1. The third kappa shape index (κ3) is 1.77. The largest absolute Gasteiger partial charge is 0.289 e. The first-order chi connectivity index (χ1) is 7.72. The first-order valence-electron chi connectivity index (χ1n) is 4.68. The van der Waals surface area contributed by atoms with Gasteiger partial charge in [0.15, 0.2) is 5.78 Å². The second-order valence-corrected chi connectivity index (χ2v) is 3.23. The van der Waals surface area contributed by atoms with E-state index in [4.69, 9.17) is 0 Å². The van der Waals surface area contributed by atoms with Crippen LogP contribution in [0.2, 0.25) is 0 Å². The highest BCUT2D eigenvalue weighted by Crippen LogP contribution is 2.21. The zero-order valence-electron chi connectivity index (χ0n) is 8.40. The number of carbonyl (C=O) groups excluding carboxylic acids is 1. The molecule has 0 radical (unpaired) electrons. The minimum absolute atomic E-state index is 0.215. The fraction of sp³-hybridized carbons (Fsp3) is 0. The highest BCUT2D eigenvalue weighted by molar-refractivity contribution is 6.08. The van der Waals surface area contributed by atoms with E-state index in [2.05, 4.69) is 16.8 Å². The second kappa shape index (κ2) is 4.10. The standard InChI is InChI=1S/C12H9FN2O/c1-2-11(16)10-7-14-15-12(10)8-3-5-9(13)6-4-8/h2-7H,1H2,(H,14,15). The van der Waals surface area contributed by atoms with Crippen molar-refractivity contribution in [2.24, 2.45) is 0 Å². The molecule has 0 amide bonds. The van der Waals surface area contributed by atoms with Crippen molar-refractivity contribution in [3.8, 4) is 11.3 Å². The number of nitrogens with zero attached hydrogens (tertiary/aromatic N) is 1. The zero-order valence-corrected chi connectivity index (χ0v) is 8.40. The highest BCUT2D eigenvalue weighted by atomic mass is 19.1. The molecule has 1 N–H and O–H groups in total. The molecule has 4 heteroatoms. The summed E-state index contributed by atoms with van der Waals surface area (Å²) in [6.07, 6.45) is 2.65. The summed E-state index contributed by atoms with van der Waals surface area (Å²) in [5, 5.41) is 6.52. The molecule has 0 bridgehead atoms. The number of H-pyrrole nitrogens is 1. The van der Waals surface area contributed by atoms with Gasteiger partial charge in [-0.1, -0.05) is 6.58 Å². The van der Waals surface area contributed by atoms with Gasteiger partial charge in [-0.3, -0.25) is 9.89 Å². The lowest BCUT2D eigenvalue weighted by Crippen LogP contribution is -1.94. The van der Waals surface area contributed by atoms with Crippen LogP contribution in [0.1, 0.15) is 10.4 Å². The fourth-order valence-corrected chi connectivity index (χ4v) is 1.42. The molecule has 0 aliphatic rings. The van der Waals surface area contributed by atoms with Crippen LogP contribution in [0.4, 0.5) is 4.39 Å². The molecule has 0 spiro atoms. The summed E-state index contributed by atoms with van der Waals surface area (Å²) in [5.74, 6) is -0.534. The van der Waals surface area contributed by atoms with Gasteiger partial charge >= 0.3 is 0 Å². The van der Waals surface area contributed by atoms with Crippen molar-refractivity contribution < 1.29 is 9.18 Å². The number of rotatable bonds is 3. The average molecular weight is 216 g/mol. The first-order valence-corrected chi connectivity index (χ1v) is 4.68. The van der Waals surface area contributed by atoms with Crippen LogP contribution in [-0.2, 0) is 0 Å². The van der Waals surface area contributed by atoms with Gasteiger partial charge in [-0.15, -0.1) is 0 Å². The predicted octanol–water partition coefficient (Wildman–Crippen LogP) is 2.58. The van der Waals surface area contributed by atoms with Crippen LogP contribution in [0, 0.1) is 5.82 Å². The number of nitrogens with one attached hydrogen (secondary N) is 1. The van der Waals surface area contributed by atoms with E-state index in [0.717, 1.165) is 0 Å². The van der Waals surface area contributed by atoms with E-state index in [9.17, 15) is 9.18 Å². The van der Waals surface area contributed by atoms with Gasteiger partial charge in [0.1, 0.15) is 5.82 Å². The molecule has 1 aromatic carbocycles. The maximum absolute atomic E-state index is 12.7. The van der Waals surface area contributed by atoms with Gasteiger partial charge in [-0.2, -0.15) is 5.10 Å². The van der Waals surface area contributed by atoms with Crippen molar-refractivity contribution in [3.05, 3.63) is 54.5 Å².